The van der Waals surface area contributed by atoms with Gasteiger partial charge in [-0.3, -0.25) is 4.90 Å². The van der Waals surface area contributed by atoms with E-state index in [0.717, 1.165) is 23.9 Å². The lowest BCUT2D eigenvalue weighted by atomic mass is 9.72. The number of nitrogens with zero attached hydrogens (tertiary/aromatic N) is 1. The third-order valence-electron chi connectivity index (χ3n) is 4.67. The summed E-state index contributed by atoms with van der Waals surface area (Å²) in [6.45, 7) is 10.8. The van der Waals surface area contributed by atoms with Crippen LogP contribution in [-0.4, -0.2) is 36.6 Å². The minimum absolute atomic E-state index is 0.817. The van der Waals surface area contributed by atoms with Gasteiger partial charge in [0.15, 0.2) is 0 Å². The van der Waals surface area contributed by atoms with Crippen LogP contribution in [0.1, 0.15) is 46.5 Å². The van der Waals surface area contributed by atoms with Crippen molar-refractivity contribution in [1.29, 1.82) is 0 Å². The van der Waals surface area contributed by atoms with E-state index in [4.69, 9.17) is 0 Å². The summed E-state index contributed by atoms with van der Waals surface area (Å²) in [6.07, 6.45) is 5.66. The standard InChI is InChI=1S/C14H28N2/c1-4-16(13-6-5-7-15-10-13)14-8-12(9-14)11(2)3/h11-15H,4-10H2,1-3H3. The molecule has 2 fully saturated rings. The first-order valence-corrected chi connectivity index (χ1v) is 7.18. The Balaban J connectivity index is 1.82. The van der Waals surface area contributed by atoms with E-state index in [2.05, 4.69) is 31.0 Å². The van der Waals surface area contributed by atoms with Crippen molar-refractivity contribution in [2.24, 2.45) is 11.8 Å². The van der Waals surface area contributed by atoms with Crippen molar-refractivity contribution in [2.45, 2.75) is 58.5 Å². The van der Waals surface area contributed by atoms with Crippen LogP contribution in [0.25, 0.3) is 0 Å². The molecule has 1 heterocycles. The Bertz CT molecular complexity index is 203. The summed E-state index contributed by atoms with van der Waals surface area (Å²) in [5.74, 6) is 1.88. The van der Waals surface area contributed by atoms with Crippen LogP contribution in [0.5, 0.6) is 0 Å². The molecule has 1 aliphatic heterocycles. The van der Waals surface area contributed by atoms with Gasteiger partial charge in [-0.2, -0.15) is 0 Å². The molecule has 2 aliphatic rings. The number of likely N-dealkylation sites (N-methyl/N-ethyl adjacent to an activating group) is 1. The van der Waals surface area contributed by atoms with E-state index in [-0.39, 0.29) is 0 Å². The van der Waals surface area contributed by atoms with E-state index in [1.165, 1.54) is 45.3 Å². The molecule has 16 heavy (non-hydrogen) atoms. The Kier molecular flexibility index (Phi) is 4.26. The van der Waals surface area contributed by atoms with Crippen LogP contribution in [-0.2, 0) is 0 Å². The predicted molar refractivity (Wildman–Crippen MR) is 69.6 cm³/mol. The smallest absolute Gasteiger partial charge is 0.0223 e. The van der Waals surface area contributed by atoms with Crippen molar-refractivity contribution in [2.75, 3.05) is 19.6 Å². The summed E-state index contributed by atoms with van der Waals surface area (Å²) in [4.78, 5) is 2.77. The molecule has 94 valence electrons. The molecule has 0 radical (unpaired) electrons. The zero-order valence-electron chi connectivity index (χ0n) is 11.2. The first-order chi connectivity index (χ1) is 7.72. The zero-order chi connectivity index (χ0) is 11.5. The molecule has 0 aromatic heterocycles. The van der Waals surface area contributed by atoms with Crippen LogP contribution in [0.2, 0.25) is 0 Å². The van der Waals surface area contributed by atoms with Crippen LogP contribution in [0.15, 0.2) is 0 Å². The number of rotatable bonds is 4. The molecule has 2 rings (SSSR count). The molecular formula is C14H28N2. The summed E-state index contributed by atoms with van der Waals surface area (Å²) in [5.41, 5.74) is 0. The zero-order valence-corrected chi connectivity index (χ0v) is 11.2. The van der Waals surface area contributed by atoms with E-state index in [1.807, 2.05) is 0 Å². The monoisotopic (exact) mass is 224 g/mol. The first-order valence-electron chi connectivity index (χ1n) is 7.18. The molecular weight excluding hydrogens is 196 g/mol. The summed E-state index contributed by atoms with van der Waals surface area (Å²) in [7, 11) is 0. The summed E-state index contributed by atoms with van der Waals surface area (Å²) in [5, 5.41) is 3.54. The van der Waals surface area contributed by atoms with Crippen LogP contribution in [0, 0.1) is 11.8 Å². The second-order valence-electron chi connectivity index (χ2n) is 5.96. The Labute approximate surface area is 101 Å². The molecule has 1 atom stereocenters. The minimum atomic E-state index is 0.817. The van der Waals surface area contributed by atoms with E-state index in [9.17, 15) is 0 Å². The van der Waals surface area contributed by atoms with Crippen LogP contribution < -0.4 is 5.32 Å². The molecule has 0 aromatic rings. The summed E-state index contributed by atoms with van der Waals surface area (Å²) in [6, 6.07) is 1.71. The molecule has 2 heteroatoms. The van der Waals surface area contributed by atoms with Crippen molar-refractivity contribution in [3.63, 3.8) is 0 Å². The van der Waals surface area contributed by atoms with Crippen molar-refractivity contribution in [3.05, 3.63) is 0 Å². The largest absolute Gasteiger partial charge is 0.315 e. The lowest BCUT2D eigenvalue weighted by molar-refractivity contribution is 0.0210. The van der Waals surface area contributed by atoms with E-state index in [0.29, 0.717) is 0 Å². The van der Waals surface area contributed by atoms with Gasteiger partial charge in [0.1, 0.15) is 0 Å². The highest BCUT2D eigenvalue weighted by Crippen LogP contribution is 2.38. The maximum absolute atomic E-state index is 3.54. The highest BCUT2D eigenvalue weighted by Gasteiger charge is 2.37. The number of nitrogens with one attached hydrogen (secondary N) is 1. The fourth-order valence-electron chi connectivity index (χ4n) is 3.38. The minimum Gasteiger partial charge on any atom is -0.315 e. The summed E-state index contributed by atoms with van der Waals surface area (Å²) >= 11 is 0. The third-order valence-corrected chi connectivity index (χ3v) is 4.67. The lowest BCUT2D eigenvalue weighted by Gasteiger charge is -2.48. The van der Waals surface area contributed by atoms with Gasteiger partial charge in [0, 0.05) is 18.6 Å². The molecule has 1 aliphatic carbocycles. The molecule has 1 saturated carbocycles. The quantitative estimate of drug-likeness (QED) is 0.789. The van der Waals surface area contributed by atoms with Gasteiger partial charge < -0.3 is 5.32 Å². The fraction of sp³-hybridized carbons (Fsp3) is 1.00. The average Bonchev–Trinajstić information content (AvgIpc) is 2.23. The predicted octanol–water partition coefficient (Wildman–Crippen LogP) is 2.49. The topological polar surface area (TPSA) is 15.3 Å². The van der Waals surface area contributed by atoms with Gasteiger partial charge in [-0.15, -0.1) is 0 Å². The lowest BCUT2D eigenvalue weighted by Crippen LogP contribution is -2.54. The van der Waals surface area contributed by atoms with E-state index < -0.39 is 0 Å². The fourth-order valence-corrected chi connectivity index (χ4v) is 3.38. The van der Waals surface area contributed by atoms with Gasteiger partial charge in [-0.25, -0.2) is 0 Å². The van der Waals surface area contributed by atoms with Gasteiger partial charge in [0.05, 0.1) is 0 Å². The Hall–Kier alpha value is -0.0800. The molecule has 0 bridgehead atoms. The molecule has 0 aromatic carbocycles. The SMILES string of the molecule is CCN(C1CCCNC1)C1CC(C(C)C)C1. The molecule has 1 saturated heterocycles. The Morgan fingerprint density at radius 1 is 1.25 bits per heavy atom. The van der Waals surface area contributed by atoms with Crippen molar-refractivity contribution in [3.8, 4) is 0 Å². The molecule has 1 N–H and O–H groups in total. The van der Waals surface area contributed by atoms with Gasteiger partial charge >= 0.3 is 0 Å². The number of hydrogen-bond donors (Lipinski definition) is 1. The highest BCUT2D eigenvalue weighted by atomic mass is 15.2. The van der Waals surface area contributed by atoms with Crippen molar-refractivity contribution in [1.82, 2.24) is 10.2 Å². The summed E-state index contributed by atoms with van der Waals surface area (Å²) < 4.78 is 0. The van der Waals surface area contributed by atoms with Crippen molar-refractivity contribution >= 4 is 0 Å². The molecule has 2 nitrogen and oxygen atoms in total. The molecule has 0 amide bonds. The third kappa shape index (κ3) is 2.60. The second kappa shape index (κ2) is 5.50. The van der Waals surface area contributed by atoms with Crippen LogP contribution >= 0.6 is 0 Å². The van der Waals surface area contributed by atoms with E-state index >= 15 is 0 Å². The Morgan fingerprint density at radius 2 is 2.00 bits per heavy atom. The normalized spacial score (nSPS) is 35.4. The maximum Gasteiger partial charge on any atom is 0.0223 e. The van der Waals surface area contributed by atoms with Crippen LogP contribution in [0.3, 0.4) is 0 Å². The van der Waals surface area contributed by atoms with Crippen molar-refractivity contribution < 1.29 is 0 Å². The molecule has 1 unspecified atom stereocenters. The first kappa shape index (κ1) is 12.4. The van der Waals surface area contributed by atoms with Gasteiger partial charge in [0.2, 0.25) is 0 Å². The maximum atomic E-state index is 3.54. The van der Waals surface area contributed by atoms with Gasteiger partial charge in [0.25, 0.3) is 0 Å². The van der Waals surface area contributed by atoms with E-state index in [1.54, 1.807) is 0 Å². The average molecular weight is 224 g/mol. The number of piperidine rings is 1. The van der Waals surface area contributed by atoms with Gasteiger partial charge in [-0.1, -0.05) is 20.8 Å². The van der Waals surface area contributed by atoms with Crippen LogP contribution in [0.4, 0.5) is 0 Å². The van der Waals surface area contributed by atoms with Gasteiger partial charge in [-0.05, 0) is 50.6 Å². The number of hydrogen-bond acceptors (Lipinski definition) is 2. The highest BCUT2D eigenvalue weighted by molar-refractivity contribution is 4.92. The Morgan fingerprint density at radius 3 is 2.50 bits per heavy atom. The second-order valence-corrected chi connectivity index (χ2v) is 5.96. The molecule has 0 spiro atoms.